The first-order valence-corrected chi connectivity index (χ1v) is 11.2. The highest BCUT2D eigenvalue weighted by atomic mass is 32.2. The van der Waals surface area contributed by atoms with E-state index in [1.54, 1.807) is 19.1 Å². The van der Waals surface area contributed by atoms with E-state index < -0.39 is 20.6 Å². The predicted molar refractivity (Wildman–Crippen MR) is 110 cm³/mol. The van der Waals surface area contributed by atoms with Gasteiger partial charge in [-0.25, -0.2) is 8.42 Å². The van der Waals surface area contributed by atoms with Crippen molar-refractivity contribution in [1.29, 1.82) is 0 Å². The van der Waals surface area contributed by atoms with Crippen LogP contribution in [-0.2, 0) is 25.9 Å². The van der Waals surface area contributed by atoms with E-state index in [0.29, 0.717) is 18.7 Å². The number of esters is 1. The van der Waals surface area contributed by atoms with Gasteiger partial charge in [0.25, 0.3) is 0 Å². The maximum absolute atomic E-state index is 13.7. The van der Waals surface area contributed by atoms with Gasteiger partial charge in [0.2, 0.25) is 0 Å². The van der Waals surface area contributed by atoms with Gasteiger partial charge in [-0.1, -0.05) is 30.3 Å². The van der Waals surface area contributed by atoms with E-state index in [0.717, 1.165) is 12.1 Å². The van der Waals surface area contributed by atoms with Crippen molar-refractivity contribution < 1.29 is 22.7 Å². The molecule has 156 valence electrons. The second-order valence-corrected chi connectivity index (χ2v) is 9.45. The van der Waals surface area contributed by atoms with Crippen molar-refractivity contribution in [2.75, 3.05) is 26.8 Å². The highest BCUT2D eigenvalue weighted by Gasteiger charge is 2.54. The minimum absolute atomic E-state index is 0.105. The number of benzene rings is 2. The fourth-order valence-electron chi connectivity index (χ4n) is 3.82. The number of rotatable bonds is 7. The Bertz CT molecular complexity index is 927. The third-order valence-corrected chi connectivity index (χ3v) is 7.74. The molecule has 6 nitrogen and oxygen atoms in total. The van der Waals surface area contributed by atoms with Crippen molar-refractivity contribution in [1.82, 2.24) is 4.90 Å². The van der Waals surface area contributed by atoms with Crippen LogP contribution in [0, 0.1) is 0 Å². The number of likely N-dealkylation sites (tertiary alicyclic amines) is 1. The number of carbonyl (C=O) groups excluding carboxylic acids is 1. The standard InChI is InChI=1S/C22H27NO5S/c1-3-28-21(24)22(29(25,26)20-12-10-19(27-2)11-13-20)14-7-15-23(17-22)16-18-8-5-4-6-9-18/h4-6,8-13H,3,7,14-17H2,1-2H3. The zero-order valence-corrected chi connectivity index (χ0v) is 17.7. The number of sulfone groups is 1. The van der Waals surface area contributed by atoms with Gasteiger partial charge in [0, 0.05) is 13.1 Å². The molecule has 1 atom stereocenters. The lowest BCUT2D eigenvalue weighted by molar-refractivity contribution is -0.148. The molecule has 0 N–H and O–H groups in total. The quantitative estimate of drug-likeness (QED) is 0.645. The molecule has 0 bridgehead atoms. The predicted octanol–water partition coefficient (Wildman–Crippen LogP) is 3.07. The zero-order chi connectivity index (χ0) is 20.9. The SMILES string of the molecule is CCOC(=O)C1(S(=O)(=O)c2ccc(OC)cc2)CCCN(Cc2ccccc2)C1. The van der Waals surface area contributed by atoms with E-state index in [1.165, 1.54) is 19.2 Å². The molecule has 1 heterocycles. The Morgan fingerprint density at radius 2 is 1.79 bits per heavy atom. The molecule has 0 saturated carbocycles. The van der Waals surface area contributed by atoms with E-state index in [1.807, 2.05) is 35.2 Å². The molecule has 1 unspecified atom stereocenters. The van der Waals surface area contributed by atoms with E-state index in [4.69, 9.17) is 9.47 Å². The molecule has 7 heteroatoms. The first-order valence-electron chi connectivity index (χ1n) is 9.75. The van der Waals surface area contributed by atoms with Gasteiger partial charge in [0.15, 0.2) is 14.6 Å². The van der Waals surface area contributed by atoms with Crippen LogP contribution in [0.4, 0.5) is 0 Å². The largest absolute Gasteiger partial charge is 0.497 e. The smallest absolute Gasteiger partial charge is 0.329 e. The van der Waals surface area contributed by atoms with Crippen molar-refractivity contribution in [3.05, 3.63) is 60.2 Å². The third-order valence-electron chi connectivity index (χ3n) is 5.31. The maximum atomic E-state index is 13.7. The van der Waals surface area contributed by atoms with Crippen LogP contribution in [0.15, 0.2) is 59.5 Å². The Kier molecular flexibility index (Phi) is 6.59. The lowest BCUT2D eigenvalue weighted by Gasteiger charge is -2.40. The summed E-state index contributed by atoms with van der Waals surface area (Å²) in [5.74, 6) is -0.114. The summed E-state index contributed by atoms with van der Waals surface area (Å²) in [5, 5.41) is 0. The van der Waals surface area contributed by atoms with Crippen LogP contribution in [0.5, 0.6) is 5.75 Å². The molecule has 0 amide bonds. The summed E-state index contributed by atoms with van der Waals surface area (Å²) in [5.41, 5.74) is 1.08. The lowest BCUT2D eigenvalue weighted by atomic mass is 9.96. The topological polar surface area (TPSA) is 72.9 Å². The van der Waals surface area contributed by atoms with Gasteiger partial charge in [0.05, 0.1) is 18.6 Å². The average Bonchev–Trinajstić information content (AvgIpc) is 2.74. The molecule has 2 aromatic rings. The highest BCUT2D eigenvalue weighted by molar-refractivity contribution is 7.93. The fraction of sp³-hybridized carbons (Fsp3) is 0.409. The van der Waals surface area contributed by atoms with Crippen LogP contribution in [0.2, 0.25) is 0 Å². The first-order chi connectivity index (χ1) is 13.9. The van der Waals surface area contributed by atoms with Crippen molar-refractivity contribution in [3.8, 4) is 5.75 Å². The van der Waals surface area contributed by atoms with E-state index in [2.05, 4.69) is 0 Å². The number of carbonyl (C=O) groups is 1. The molecule has 1 aliphatic heterocycles. The lowest BCUT2D eigenvalue weighted by Crippen LogP contribution is -2.58. The number of methoxy groups -OCH3 is 1. The number of nitrogens with zero attached hydrogens (tertiary/aromatic N) is 1. The molecule has 29 heavy (non-hydrogen) atoms. The van der Waals surface area contributed by atoms with Gasteiger partial charge in [-0.2, -0.15) is 0 Å². The average molecular weight is 418 g/mol. The summed E-state index contributed by atoms with van der Waals surface area (Å²) in [6.45, 7) is 3.25. The molecule has 0 aromatic heterocycles. The minimum atomic E-state index is -3.97. The van der Waals surface area contributed by atoms with Crippen LogP contribution in [0.3, 0.4) is 0 Å². The Hall–Kier alpha value is -2.38. The van der Waals surface area contributed by atoms with Crippen LogP contribution < -0.4 is 4.74 Å². The molecular formula is C22H27NO5S. The number of hydrogen-bond acceptors (Lipinski definition) is 6. The second-order valence-electron chi connectivity index (χ2n) is 7.19. The molecule has 0 aliphatic carbocycles. The van der Waals surface area contributed by atoms with Gasteiger partial charge in [-0.3, -0.25) is 9.69 Å². The number of hydrogen-bond donors (Lipinski definition) is 0. The van der Waals surface area contributed by atoms with E-state index in [9.17, 15) is 13.2 Å². The van der Waals surface area contributed by atoms with Crippen LogP contribution in [0.1, 0.15) is 25.3 Å². The van der Waals surface area contributed by atoms with Gasteiger partial charge in [0.1, 0.15) is 5.75 Å². The molecule has 2 aromatic carbocycles. The van der Waals surface area contributed by atoms with Gasteiger partial charge in [-0.05, 0) is 56.1 Å². The van der Waals surface area contributed by atoms with Gasteiger partial charge >= 0.3 is 5.97 Å². The van der Waals surface area contributed by atoms with Crippen LogP contribution in [0.25, 0.3) is 0 Å². The molecular weight excluding hydrogens is 390 g/mol. The Balaban J connectivity index is 1.97. The zero-order valence-electron chi connectivity index (χ0n) is 16.8. The first kappa shape index (κ1) is 21.3. The summed E-state index contributed by atoms with van der Waals surface area (Å²) in [7, 11) is -2.45. The van der Waals surface area contributed by atoms with Crippen molar-refractivity contribution >= 4 is 15.8 Å². The molecule has 1 fully saturated rings. The van der Waals surface area contributed by atoms with Crippen LogP contribution in [-0.4, -0.2) is 50.8 Å². The number of ether oxygens (including phenoxy) is 2. The summed E-state index contributed by atoms with van der Waals surface area (Å²) in [6.07, 6.45) is 0.840. The van der Waals surface area contributed by atoms with E-state index in [-0.39, 0.29) is 24.5 Å². The molecule has 1 aliphatic rings. The normalized spacial score (nSPS) is 20.2. The summed E-state index contributed by atoms with van der Waals surface area (Å²) >= 11 is 0. The summed E-state index contributed by atoms with van der Waals surface area (Å²) < 4.78 is 36.1. The Morgan fingerprint density at radius 3 is 2.41 bits per heavy atom. The summed E-state index contributed by atoms with van der Waals surface area (Å²) in [4.78, 5) is 15.1. The second kappa shape index (κ2) is 8.97. The van der Waals surface area contributed by atoms with E-state index >= 15 is 0 Å². The molecule has 3 rings (SSSR count). The van der Waals surface area contributed by atoms with Crippen molar-refractivity contribution in [3.63, 3.8) is 0 Å². The maximum Gasteiger partial charge on any atom is 0.329 e. The third kappa shape index (κ3) is 4.31. The number of piperidine rings is 1. The summed E-state index contributed by atoms with van der Waals surface area (Å²) in [6, 6.07) is 16.0. The Labute approximate surface area is 172 Å². The highest BCUT2D eigenvalue weighted by Crippen LogP contribution is 2.36. The minimum Gasteiger partial charge on any atom is -0.497 e. The van der Waals surface area contributed by atoms with Gasteiger partial charge < -0.3 is 9.47 Å². The molecule has 0 spiro atoms. The van der Waals surface area contributed by atoms with Gasteiger partial charge in [-0.15, -0.1) is 0 Å². The van der Waals surface area contributed by atoms with Crippen LogP contribution >= 0.6 is 0 Å². The molecule has 0 radical (unpaired) electrons. The fourth-order valence-corrected chi connectivity index (χ4v) is 5.81. The monoisotopic (exact) mass is 417 g/mol. The van der Waals surface area contributed by atoms with Crippen molar-refractivity contribution in [2.45, 2.75) is 36.0 Å². The van der Waals surface area contributed by atoms with Crippen molar-refractivity contribution in [2.24, 2.45) is 0 Å². The molecule has 1 saturated heterocycles. The Morgan fingerprint density at radius 1 is 1.10 bits per heavy atom.